The molecular weight excluding hydrogens is 250 g/mol. The van der Waals surface area contributed by atoms with E-state index < -0.39 is 0 Å². The van der Waals surface area contributed by atoms with Gasteiger partial charge in [0.15, 0.2) is 0 Å². The molecule has 4 heteroatoms. The van der Waals surface area contributed by atoms with E-state index in [1.165, 1.54) is 0 Å². The zero-order chi connectivity index (χ0) is 14.4. The highest BCUT2D eigenvalue weighted by molar-refractivity contribution is 5.98. The second kappa shape index (κ2) is 7.10. The van der Waals surface area contributed by atoms with Crippen LogP contribution in [0.15, 0.2) is 30.5 Å². The number of H-pyrrole nitrogens is 1. The normalized spacial score (nSPS) is 11.2. The van der Waals surface area contributed by atoms with Crippen LogP contribution in [0.25, 0.3) is 10.9 Å². The van der Waals surface area contributed by atoms with Crippen LogP contribution in [0.2, 0.25) is 0 Å². The van der Waals surface area contributed by atoms with Crippen LogP contribution in [-0.2, 0) is 0 Å². The first-order valence-electron chi connectivity index (χ1n) is 7.32. The fourth-order valence-corrected chi connectivity index (χ4v) is 2.37. The van der Waals surface area contributed by atoms with Crippen LogP contribution in [0, 0.1) is 0 Å². The minimum Gasteiger partial charge on any atom is -0.361 e. The smallest absolute Gasteiger partial charge is 0.251 e. The van der Waals surface area contributed by atoms with E-state index in [1.54, 1.807) is 0 Å². The molecule has 0 atom stereocenters. The molecule has 2 aromatic rings. The first-order valence-corrected chi connectivity index (χ1v) is 7.32. The minimum absolute atomic E-state index is 0.000603. The summed E-state index contributed by atoms with van der Waals surface area (Å²) in [6, 6.07) is 7.70. The summed E-state index contributed by atoms with van der Waals surface area (Å²) in [6.45, 7) is 8.03. The van der Waals surface area contributed by atoms with Gasteiger partial charge < -0.3 is 15.2 Å². The molecule has 1 heterocycles. The number of aromatic amines is 1. The summed E-state index contributed by atoms with van der Waals surface area (Å²) in [5.41, 5.74) is 1.78. The van der Waals surface area contributed by atoms with Crippen LogP contribution >= 0.6 is 0 Å². The maximum Gasteiger partial charge on any atom is 0.251 e. The van der Waals surface area contributed by atoms with Gasteiger partial charge >= 0.3 is 0 Å². The van der Waals surface area contributed by atoms with Crippen LogP contribution in [0.1, 0.15) is 30.6 Å². The molecule has 1 aromatic heterocycles. The SMILES string of the molecule is CCCN(CC)CCNC(=O)c1ccc2[nH]ccc2c1. The van der Waals surface area contributed by atoms with Crippen LogP contribution in [0.5, 0.6) is 0 Å². The standard InChI is InChI=1S/C16H23N3O/c1-3-10-19(4-2)11-9-18-16(20)14-5-6-15-13(12-14)7-8-17-15/h5-8,12,17H,3-4,9-11H2,1-2H3,(H,18,20). The lowest BCUT2D eigenvalue weighted by atomic mass is 10.1. The third kappa shape index (κ3) is 3.61. The van der Waals surface area contributed by atoms with E-state index in [4.69, 9.17) is 0 Å². The summed E-state index contributed by atoms with van der Waals surface area (Å²) in [6.07, 6.45) is 3.03. The van der Waals surface area contributed by atoms with E-state index in [-0.39, 0.29) is 5.91 Å². The van der Waals surface area contributed by atoms with Crippen LogP contribution in [0.3, 0.4) is 0 Å². The number of nitrogens with zero attached hydrogens (tertiary/aromatic N) is 1. The molecule has 0 aliphatic heterocycles. The molecule has 0 saturated heterocycles. The number of carbonyl (C=O) groups is 1. The number of carbonyl (C=O) groups excluding carboxylic acids is 1. The van der Waals surface area contributed by atoms with Crippen LogP contribution in [0.4, 0.5) is 0 Å². The highest BCUT2D eigenvalue weighted by Crippen LogP contribution is 2.14. The summed E-state index contributed by atoms with van der Waals surface area (Å²) in [7, 11) is 0. The summed E-state index contributed by atoms with van der Waals surface area (Å²) in [4.78, 5) is 17.6. The molecule has 20 heavy (non-hydrogen) atoms. The Balaban J connectivity index is 1.88. The van der Waals surface area contributed by atoms with E-state index in [0.29, 0.717) is 6.54 Å². The van der Waals surface area contributed by atoms with E-state index in [0.717, 1.165) is 42.5 Å². The molecular formula is C16H23N3O. The molecule has 4 nitrogen and oxygen atoms in total. The number of fused-ring (bicyclic) bond motifs is 1. The Morgan fingerprint density at radius 2 is 2.10 bits per heavy atom. The molecule has 2 N–H and O–H groups in total. The maximum absolute atomic E-state index is 12.1. The molecule has 0 aliphatic rings. The van der Waals surface area contributed by atoms with Crippen molar-refractivity contribution in [3.63, 3.8) is 0 Å². The molecule has 2 rings (SSSR count). The quantitative estimate of drug-likeness (QED) is 0.814. The van der Waals surface area contributed by atoms with Gasteiger partial charge in [-0.15, -0.1) is 0 Å². The Morgan fingerprint density at radius 3 is 2.85 bits per heavy atom. The fourth-order valence-electron chi connectivity index (χ4n) is 2.37. The van der Waals surface area contributed by atoms with Crippen LogP contribution in [-0.4, -0.2) is 42.0 Å². The average molecular weight is 273 g/mol. The van der Waals surface area contributed by atoms with Gasteiger partial charge in [-0.3, -0.25) is 4.79 Å². The molecule has 1 aromatic carbocycles. The number of likely N-dealkylation sites (N-methyl/N-ethyl adjacent to an activating group) is 1. The van der Waals surface area contributed by atoms with Gasteiger partial charge in [0.2, 0.25) is 0 Å². The number of benzene rings is 1. The predicted octanol–water partition coefficient (Wildman–Crippen LogP) is 2.63. The summed E-state index contributed by atoms with van der Waals surface area (Å²) >= 11 is 0. The van der Waals surface area contributed by atoms with Gasteiger partial charge in [-0.2, -0.15) is 0 Å². The predicted molar refractivity (Wildman–Crippen MR) is 83.0 cm³/mol. The molecule has 0 unspecified atom stereocenters. The van der Waals surface area contributed by atoms with Gasteiger partial charge in [0, 0.05) is 35.8 Å². The highest BCUT2D eigenvalue weighted by Gasteiger charge is 2.07. The number of nitrogens with one attached hydrogen (secondary N) is 2. The maximum atomic E-state index is 12.1. The van der Waals surface area contributed by atoms with Crippen molar-refractivity contribution in [1.82, 2.24) is 15.2 Å². The lowest BCUT2D eigenvalue weighted by Gasteiger charge is -2.19. The Kier molecular flexibility index (Phi) is 5.18. The van der Waals surface area contributed by atoms with E-state index >= 15 is 0 Å². The van der Waals surface area contributed by atoms with Crippen LogP contribution < -0.4 is 5.32 Å². The van der Waals surface area contributed by atoms with E-state index in [9.17, 15) is 4.79 Å². The second-order valence-corrected chi connectivity index (χ2v) is 4.97. The van der Waals surface area contributed by atoms with Crippen molar-refractivity contribution < 1.29 is 4.79 Å². The fraction of sp³-hybridized carbons (Fsp3) is 0.438. The molecule has 0 bridgehead atoms. The summed E-state index contributed by atoms with van der Waals surface area (Å²) in [5.74, 6) is 0.000603. The average Bonchev–Trinajstić information content (AvgIpc) is 2.93. The van der Waals surface area contributed by atoms with Crippen molar-refractivity contribution in [3.8, 4) is 0 Å². The Labute approximate surface area is 120 Å². The van der Waals surface area contributed by atoms with Gasteiger partial charge in [0.25, 0.3) is 5.91 Å². The van der Waals surface area contributed by atoms with Crippen molar-refractivity contribution in [2.45, 2.75) is 20.3 Å². The van der Waals surface area contributed by atoms with E-state index in [1.807, 2.05) is 30.5 Å². The number of aromatic nitrogens is 1. The Hall–Kier alpha value is -1.81. The van der Waals surface area contributed by atoms with Crippen molar-refractivity contribution in [3.05, 3.63) is 36.0 Å². The summed E-state index contributed by atoms with van der Waals surface area (Å²) < 4.78 is 0. The molecule has 0 aliphatic carbocycles. The largest absolute Gasteiger partial charge is 0.361 e. The third-order valence-corrected chi connectivity index (χ3v) is 3.52. The van der Waals surface area contributed by atoms with Crippen molar-refractivity contribution in [2.75, 3.05) is 26.2 Å². The summed E-state index contributed by atoms with van der Waals surface area (Å²) in [5, 5.41) is 4.06. The molecule has 0 saturated carbocycles. The van der Waals surface area contributed by atoms with Gasteiger partial charge in [-0.25, -0.2) is 0 Å². The second-order valence-electron chi connectivity index (χ2n) is 4.97. The van der Waals surface area contributed by atoms with Crippen molar-refractivity contribution in [1.29, 1.82) is 0 Å². The van der Waals surface area contributed by atoms with Gasteiger partial charge in [-0.05, 0) is 43.8 Å². The topological polar surface area (TPSA) is 48.1 Å². The van der Waals surface area contributed by atoms with E-state index in [2.05, 4.69) is 29.0 Å². The molecule has 0 fully saturated rings. The highest BCUT2D eigenvalue weighted by atomic mass is 16.1. The zero-order valence-corrected chi connectivity index (χ0v) is 12.3. The van der Waals surface area contributed by atoms with Crippen molar-refractivity contribution >= 4 is 16.8 Å². The van der Waals surface area contributed by atoms with Gasteiger partial charge in [0.05, 0.1) is 0 Å². The first kappa shape index (κ1) is 14.6. The first-order chi connectivity index (χ1) is 9.74. The lowest BCUT2D eigenvalue weighted by molar-refractivity contribution is 0.0948. The van der Waals surface area contributed by atoms with Gasteiger partial charge in [0.1, 0.15) is 0 Å². The molecule has 1 amide bonds. The number of hydrogen-bond donors (Lipinski definition) is 2. The monoisotopic (exact) mass is 273 g/mol. The molecule has 0 spiro atoms. The van der Waals surface area contributed by atoms with Gasteiger partial charge in [-0.1, -0.05) is 13.8 Å². The Bertz CT molecular complexity index is 562. The number of hydrogen-bond acceptors (Lipinski definition) is 2. The minimum atomic E-state index is 0.000603. The lowest BCUT2D eigenvalue weighted by Crippen LogP contribution is -2.35. The number of amides is 1. The zero-order valence-electron chi connectivity index (χ0n) is 12.3. The third-order valence-electron chi connectivity index (χ3n) is 3.52. The molecule has 0 radical (unpaired) electrons. The molecule has 108 valence electrons. The Morgan fingerprint density at radius 1 is 1.25 bits per heavy atom. The van der Waals surface area contributed by atoms with Crippen molar-refractivity contribution in [2.24, 2.45) is 0 Å². The number of rotatable bonds is 7.